The number of aryl methyl sites for hydroxylation is 2. The van der Waals surface area contributed by atoms with Gasteiger partial charge in [0.2, 0.25) is 0 Å². The van der Waals surface area contributed by atoms with Crippen LogP contribution in [0.5, 0.6) is 5.75 Å². The van der Waals surface area contributed by atoms with E-state index in [1.165, 1.54) is 0 Å². The van der Waals surface area contributed by atoms with E-state index in [0.717, 1.165) is 16.9 Å². The van der Waals surface area contributed by atoms with Crippen molar-refractivity contribution in [2.24, 2.45) is 10.7 Å². The molecule has 0 aliphatic heterocycles. The molecular weight excluding hydrogens is 353 g/mol. The first kappa shape index (κ1) is 17.8. The van der Waals surface area contributed by atoms with E-state index in [-0.39, 0.29) is 24.0 Å². The van der Waals surface area contributed by atoms with Gasteiger partial charge in [-0.1, -0.05) is 24.3 Å². The number of nitrogens with one attached hydrogen (secondary N) is 1. The van der Waals surface area contributed by atoms with E-state index < -0.39 is 0 Å². The number of nitrogens with two attached hydrogens (primary N) is 1. The quantitative estimate of drug-likeness (QED) is 0.264. The van der Waals surface area contributed by atoms with Gasteiger partial charge in [0.05, 0.1) is 6.54 Å². The fraction of sp³-hybridized carbons (Fsp3) is 0.357. The molecule has 0 aromatic heterocycles. The highest BCUT2D eigenvalue weighted by molar-refractivity contribution is 14.0. The fourth-order valence-electron chi connectivity index (χ4n) is 1.57. The Bertz CT molecular complexity index is 412. The third-order valence-electron chi connectivity index (χ3n) is 2.46. The highest BCUT2D eigenvalue weighted by atomic mass is 127. The lowest BCUT2D eigenvalue weighted by molar-refractivity contribution is 0.324. The van der Waals surface area contributed by atoms with Crippen molar-refractivity contribution in [1.29, 1.82) is 0 Å². The van der Waals surface area contributed by atoms with E-state index in [1.807, 2.05) is 32.0 Å². The summed E-state index contributed by atoms with van der Waals surface area (Å²) in [5.74, 6) is 1.35. The maximum absolute atomic E-state index is 5.71. The van der Waals surface area contributed by atoms with Crippen molar-refractivity contribution in [2.45, 2.75) is 13.8 Å². The van der Waals surface area contributed by atoms with Crippen LogP contribution in [-0.4, -0.2) is 25.7 Å². The van der Waals surface area contributed by atoms with E-state index in [0.29, 0.717) is 25.7 Å². The van der Waals surface area contributed by atoms with Gasteiger partial charge in [0.15, 0.2) is 5.96 Å². The lowest BCUT2D eigenvalue weighted by atomic mass is 10.1. The number of para-hydroxylation sites is 1. The number of hydrogen-bond acceptors (Lipinski definition) is 2. The fourth-order valence-corrected chi connectivity index (χ4v) is 1.57. The SMILES string of the molecule is C=CCNC(N)=NCCOc1c(C)cccc1C.I. The van der Waals surface area contributed by atoms with E-state index in [2.05, 4.69) is 16.9 Å². The van der Waals surface area contributed by atoms with Gasteiger partial charge in [0.1, 0.15) is 12.4 Å². The molecule has 106 valence electrons. The largest absolute Gasteiger partial charge is 0.491 e. The molecule has 0 fully saturated rings. The van der Waals surface area contributed by atoms with E-state index in [4.69, 9.17) is 10.5 Å². The molecule has 1 aromatic carbocycles. The third-order valence-corrected chi connectivity index (χ3v) is 2.46. The second-order valence-electron chi connectivity index (χ2n) is 4.01. The number of rotatable bonds is 6. The first-order valence-corrected chi connectivity index (χ1v) is 5.99. The Morgan fingerprint density at radius 3 is 2.63 bits per heavy atom. The van der Waals surface area contributed by atoms with Gasteiger partial charge in [0, 0.05) is 6.54 Å². The second kappa shape index (κ2) is 9.66. The maximum Gasteiger partial charge on any atom is 0.188 e. The lowest BCUT2D eigenvalue weighted by Gasteiger charge is -2.10. The topological polar surface area (TPSA) is 59.6 Å². The smallest absolute Gasteiger partial charge is 0.188 e. The zero-order chi connectivity index (χ0) is 13.4. The predicted molar refractivity (Wildman–Crippen MR) is 91.5 cm³/mol. The average molecular weight is 375 g/mol. The summed E-state index contributed by atoms with van der Waals surface area (Å²) in [4.78, 5) is 4.15. The molecule has 4 nitrogen and oxygen atoms in total. The van der Waals surface area contributed by atoms with Crippen LogP contribution < -0.4 is 15.8 Å². The molecule has 0 radical (unpaired) electrons. The van der Waals surface area contributed by atoms with E-state index in [9.17, 15) is 0 Å². The van der Waals surface area contributed by atoms with Crippen LogP contribution >= 0.6 is 24.0 Å². The van der Waals surface area contributed by atoms with Crippen LogP contribution in [0, 0.1) is 13.8 Å². The summed E-state index contributed by atoms with van der Waals surface area (Å²) in [6.07, 6.45) is 1.73. The van der Waals surface area contributed by atoms with Crippen molar-refractivity contribution in [1.82, 2.24) is 5.32 Å². The van der Waals surface area contributed by atoms with E-state index in [1.54, 1.807) is 6.08 Å². The van der Waals surface area contributed by atoms with Crippen molar-refractivity contribution in [3.05, 3.63) is 42.0 Å². The molecule has 0 spiro atoms. The summed E-state index contributed by atoms with van der Waals surface area (Å²) < 4.78 is 5.71. The minimum Gasteiger partial charge on any atom is -0.491 e. The minimum atomic E-state index is 0. The molecule has 3 N–H and O–H groups in total. The number of guanidine groups is 1. The Balaban J connectivity index is 0.00000324. The molecule has 0 amide bonds. The molecule has 1 rings (SSSR count). The number of nitrogens with zero attached hydrogens (tertiary/aromatic N) is 1. The highest BCUT2D eigenvalue weighted by Gasteiger charge is 2.02. The molecule has 0 bridgehead atoms. The molecule has 5 heteroatoms. The van der Waals surface area contributed by atoms with Crippen molar-refractivity contribution in [3.8, 4) is 5.75 Å². The van der Waals surface area contributed by atoms with Crippen molar-refractivity contribution in [3.63, 3.8) is 0 Å². The minimum absolute atomic E-state index is 0. The average Bonchev–Trinajstić information content (AvgIpc) is 2.35. The molecule has 0 saturated carbocycles. The van der Waals surface area contributed by atoms with Gasteiger partial charge in [-0.15, -0.1) is 30.6 Å². The van der Waals surface area contributed by atoms with Crippen LogP contribution in [0.1, 0.15) is 11.1 Å². The van der Waals surface area contributed by atoms with Crippen LogP contribution in [0.15, 0.2) is 35.8 Å². The molecule has 0 heterocycles. The molecule has 0 unspecified atom stereocenters. The van der Waals surface area contributed by atoms with Gasteiger partial charge < -0.3 is 15.8 Å². The molecule has 1 aromatic rings. The second-order valence-corrected chi connectivity index (χ2v) is 4.01. The molecule has 0 atom stereocenters. The van der Waals surface area contributed by atoms with Crippen molar-refractivity contribution >= 4 is 29.9 Å². The van der Waals surface area contributed by atoms with Gasteiger partial charge >= 0.3 is 0 Å². The normalized spacial score (nSPS) is 10.5. The zero-order valence-corrected chi connectivity index (χ0v) is 13.8. The number of hydrogen-bond donors (Lipinski definition) is 2. The number of aliphatic imine (C=N–C) groups is 1. The van der Waals surface area contributed by atoms with Crippen LogP contribution in [0.25, 0.3) is 0 Å². The number of benzene rings is 1. The van der Waals surface area contributed by atoms with Gasteiger partial charge in [0.25, 0.3) is 0 Å². The third kappa shape index (κ3) is 6.47. The van der Waals surface area contributed by atoms with Crippen LogP contribution in [0.4, 0.5) is 0 Å². The van der Waals surface area contributed by atoms with Crippen LogP contribution in [-0.2, 0) is 0 Å². The van der Waals surface area contributed by atoms with Crippen LogP contribution in [0.2, 0.25) is 0 Å². The summed E-state index contributed by atoms with van der Waals surface area (Å²) in [7, 11) is 0. The van der Waals surface area contributed by atoms with Crippen molar-refractivity contribution in [2.75, 3.05) is 19.7 Å². The monoisotopic (exact) mass is 375 g/mol. The summed E-state index contributed by atoms with van der Waals surface area (Å²) in [5.41, 5.74) is 7.91. The van der Waals surface area contributed by atoms with Gasteiger partial charge in [-0.05, 0) is 25.0 Å². The molecule has 0 aliphatic carbocycles. The Labute approximate surface area is 132 Å². The predicted octanol–water partition coefficient (Wildman–Crippen LogP) is 2.39. The lowest BCUT2D eigenvalue weighted by Crippen LogP contribution is -2.32. The Kier molecular flexibility index (Phi) is 9.03. The van der Waals surface area contributed by atoms with Gasteiger partial charge in [-0.3, -0.25) is 0 Å². The van der Waals surface area contributed by atoms with Crippen molar-refractivity contribution < 1.29 is 4.74 Å². The molecule has 0 aliphatic rings. The highest BCUT2D eigenvalue weighted by Crippen LogP contribution is 2.21. The van der Waals surface area contributed by atoms with Crippen LogP contribution in [0.3, 0.4) is 0 Å². The molecular formula is C14H22IN3O. The Morgan fingerprint density at radius 1 is 1.42 bits per heavy atom. The zero-order valence-electron chi connectivity index (χ0n) is 11.5. The van der Waals surface area contributed by atoms with Gasteiger partial charge in [-0.2, -0.15) is 0 Å². The van der Waals surface area contributed by atoms with E-state index >= 15 is 0 Å². The Hall–Kier alpha value is -1.24. The number of ether oxygens (including phenoxy) is 1. The number of halogens is 1. The standard InChI is InChI=1S/C14H21N3O.HI/c1-4-8-16-14(15)17-9-10-18-13-11(2)6-5-7-12(13)3;/h4-7H,1,8-10H2,2-3H3,(H3,15,16,17);1H. The summed E-state index contributed by atoms with van der Waals surface area (Å²) in [6, 6.07) is 6.09. The molecule has 0 saturated heterocycles. The first-order chi connectivity index (χ1) is 8.65. The first-order valence-electron chi connectivity index (χ1n) is 5.99. The summed E-state index contributed by atoms with van der Waals surface area (Å²) in [5, 5.41) is 2.91. The maximum atomic E-state index is 5.71. The van der Waals surface area contributed by atoms with Gasteiger partial charge in [-0.25, -0.2) is 4.99 Å². The Morgan fingerprint density at radius 2 is 2.05 bits per heavy atom. The molecule has 19 heavy (non-hydrogen) atoms. The summed E-state index contributed by atoms with van der Waals surface area (Å²) in [6.45, 7) is 9.32. The summed E-state index contributed by atoms with van der Waals surface area (Å²) >= 11 is 0.